The van der Waals surface area contributed by atoms with Gasteiger partial charge in [0.15, 0.2) is 0 Å². The molecule has 0 aromatic carbocycles. The number of hydrogen-bond donors (Lipinski definition) is 1. The summed E-state index contributed by atoms with van der Waals surface area (Å²) in [7, 11) is 0. The molecule has 1 aliphatic heterocycles. The number of piperazine rings is 1. The van der Waals surface area contributed by atoms with Gasteiger partial charge in [-0.05, 0) is 50.7 Å². The zero-order valence-corrected chi connectivity index (χ0v) is 12.9. The highest BCUT2D eigenvalue weighted by atomic mass is 15.3. The van der Waals surface area contributed by atoms with E-state index in [0.29, 0.717) is 5.41 Å². The highest BCUT2D eigenvalue weighted by molar-refractivity contribution is 4.85. The van der Waals surface area contributed by atoms with Crippen LogP contribution in [0, 0.1) is 5.41 Å². The number of nitrogens with two attached hydrogens (primary N) is 1. The van der Waals surface area contributed by atoms with Crippen molar-refractivity contribution in [1.82, 2.24) is 9.80 Å². The zero-order valence-electron chi connectivity index (χ0n) is 12.9. The summed E-state index contributed by atoms with van der Waals surface area (Å²) in [5.74, 6) is 0. The van der Waals surface area contributed by atoms with Crippen LogP contribution in [-0.4, -0.2) is 55.6 Å². The van der Waals surface area contributed by atoms with Gasteiger partial charge < -0.3 is 15.5 Å². The lowest BCUT2D eigenvalue weighted by atomic mass is 9.72. The lowest BCUT2D eigenvalue weighted by molar-refractivity contribution is 0.101. The Morgan fingerprint density at radius 3 is 2.00 bits per heavy atom. The van der Waals surface area contributed by atoms with E-state index in [1.165, 1.54) is 84.2 Å². The van der Waals surface area contributed by atoms with Crippen LogP contribution in [0.2, 0.25) is 0 Å². The van der Waals surface area contributed by atoms with E-state index in [4.69, 9.17) is 5.73 Å². The van der Waals surface area contributed by atoms with E-state index in [9.17, 15) is 0 Å². The van der Waals surface area contributed by atoms with Crippen molar-refractivity contribution in [2.24, 2.45) is 11.1 Å². The van der Waals surface area contributed by atoms with Crippen LogP contribution >= 0.6 is 0 Å². The van der Waals surface area contributed by atoms with Gasteiger partial charge in [0.2, 0.25) is 0 Å². The summed E-state index contributed by atoms with van der Waals surface area (Å²) in [5, 5.41) is 0. The van der Waals surface area contributed by atoms with Gasteiger partial charge in [-0.2, -0.15) is 0 Å². The largest absolute Gasteiger partial charge is 0.330 e. The van der Waals surface area contributed by atoms with E-state index in [-0.39, 0.29) is 0 Å². The molecule has 0 aromatic rings. The van der Waals surface area contributed by atoms with Crippen molar-refractivity contribution in [3.63, 3.8) is 0 Å². The first-order chi connectivity index (χ1) is 9.28. The second-order valence-corrected chi connectivity index (χ2v) is 6.70. The minimum atomic E-state index is 0.485. The minimum absolute atomic E-state index is 0.485. The number of hydrogen-bond acceptors (Lipinski definition) is 3. The van der Waals surface area contributed by atoms with Crippen molar-refractivity contribution < 1.29 is 0 Å². The van der Waals surface area contributed by atoms with Gasteiger partial charge >= 0.3 is 0 Å². The Morgan fingerprint density at radius 2 is 1.47 bits per heavy atom. The molecule has 0 amide bonds. The van der Waals surface area contributed by atoms with Crippen molar-refractivity contribution in [2.75, 3.05) is 45.8 Å². The molecule has 3 nitrogen and oxygen atoms in total. The summed E-state index contributed by atoms with van der Waals surface area (Å²) in [6, 6.07) is 0. The summed E-state index contributed by atoms with van der Waals surface area (Å²) in [6.07, 6.45) is 9.60. The molecule has 0 atom stereocenters. The summed E-state index contributed by atoms with van der Waals surface area (Å²) >= 11 is 0. The van der Waals surface area contributed by atoms with Crippen molar-refractivity contribution in [3.8, 4) is 0 Å². The van der Waals surface area contributed by atoms with Crippen molar-refractivity contribution in [1.29, 1.82) is 0 Å². The molecule has 0 aromatic heterocycles. The van der Waals surface area contributed by atoms with Crippen LogP contribution in [0.15, 0.2) is 0 Å². The minimum Gasteiger partial charge on any atom is -0.330 e. The van der Waals surface area contributed by atoms with Gasteiger partial charge in [-0.3, -0.25) is 0 Å². The SMILES string of the molecule is CCCN1CCN(CCC2(CN)CCCCC2)CC1. The van der Waals surface area contributed by atoms with Crippen LogP contribution < -0.4 is 5.73 Å². The van der Waals surface area contributed by atoms with Crippen LogP contribution in [0.5, 0.6) is 0 Å². The third-order valence-electron chi connectivity index (χ3n) is 5.31. The van der Waals surface area contributed by atoms with Crippen molar-refractivity contribution >= 4 is 0 Å². The Labute approximate surface area is 119 Å². The number of rotatable bonds is 6. The van der Waals surface area contributed by atoms with E-state index in [0.717, 1.165) is 6.54 Å². The Hall–Kier alpha value is -0.120. The fourth-order valence-corrected chi connectivity index (χ4v) is 3.81. The molecular formula is C16H33N3. The van der Waals surface area contributed by atoms with E-state index in [1.54, 1.807) is 0 Å². The van der Waals surface area contributed by atoms with Gasteiger partial charge in [0.25, 0.3) is 0 Å². The summed E-state index contributed by atoms with van der Waals surface area (Å²) in [6.45, 7) is 10.8. The Morgan fingerprint density at radius 1 is 0.895 bits per heavy atom. The lowest BCUT2D eigenvalue weighted by Crippen LogP contribution is -2.48. The third kappa shape index (κ3) is 4.44. The molecular weight excluding hydrogens is 234 g/mol. The van der Waals surface area contributed by atoms with Crippen molar-refractivity contribution in [3.05, 3.63) is 0 Å². The van der Waals surface area contributed by atoms with E-state index < -0.39 is 0 Å². The zero-order chi connectivity index (χ0) is 13.6. The van der Waals surface area contributed by atoms with Gasteiger partial charge in [-0.25, -0.2) is 0 Å². The molecule has 0 unspecified atom stereocenters. The fraction of sp³-hybridized carbons (Fsp3) is 1.00. The molecule has 2 N–H and O–H groups in total. The molecule has 3 heteroatoms. The first kappa shape index (κ1) is 15.3. The molecule has 2 fully saturated rings. The first-order valence-electron chi connectivity index (χ1n) is 8.43. The molecule has 1 saturated carbocycles. The smallest absolute Gasteiger partial charge is 0.0110 e. The monoisotopic (exact) mass is 267 g/mol. The van der Waals surface area contributed by atoms with Gasteiger partial charge in [0, 0.05) is 26.2 Å². The molecule has 0 radical (unpaired) electrons. The first-order valence-corrected chi connectivity index (χ1v) is 8.43. The topological polar surface area (TPSA) is 32.5 Å². The second-order valence-electron chi connectivity index (χ2n) is 6.70. The van der Waals surface area contributed by atoms with Gasteiger partial charge in [-0.1, -0.05) is 26.2 Å². The average Bonchev–Trinajstić information content (AvgIpc) is 2.48. The van der Waals surface area contributed by atoms with E-state index in [1.807, 2.05) is 0 Å². The predicted molar refractivity (Wildman–Crippen MR) is 82.4 cm³/mol. The molecule has 0 spiro atoms. The Kier molecular flexibility index (Phi) is 6.11. The maximum Gasteiger partial charge on any atom is 0.0110 e. The van der Waals surface area contributed by atoms with Gasteiger partial charge in [0.1, 0.15) is 0 Å². The Bertz CT molecular complexity index is 240. The van der Waals surface area contributed by atoms with E-state index in [2.05, 4.69) is 16.7 Å². The average molecular weight is 267 g/mol. The maximum absolute atomic E-state index is 6.09. The van der Waals surface area contributed by atoms with Gasteiger partial charge in [-0.15, -0.1) is 0 Å². The molecule has 0 bridgehead atoms. The molecule has 1 aliphatic carbocycles. The predicted octanol–water partition coefficient (Wildman–Crippen LogP) is 2.31. The lowest BCUT2D eigenvalue weighted by Gasteiger charge is -2.40. The maximum atomic E-state index is 6.09. The van der Waals surface area contributed by atoms with Crippen LogP contribution in [0.4, 0.5) is 0 Å². The molecule has 19 heavy (non-hydrogen) atoms. The summed E-state index contributed by atoms with van der Waals surface area (Å²) < 4.78 is 0. The molecule has 1 heterocycles. The third-order valence-corrected chi connectivity index (χ3v) is 5.31. The summed E-state index contributed by atoms with van der Waals surface area (Å²) in [4.78, 5) is 5.27. The van der Waals surface area contributed by atoms with Crippen LogP contribution in [-0.2, 0) is 0 Å². The standard InChI is InChI=1S/C16H33N3/c1-2-9-18-11-13-19(14-12-18)10-8-16(15-17)6-4-3-5-7-16/h2-15,17H2,1H3. The molecule has 2 rings (SSSR count). The van der Waals surface area contributed by atoms with Crippen LogP contribution in [0.3, 0.4) is 0 Å². The molecule has 2 aliphatic rings. The Balaban J connectivity index is 1.70. The molecule has 112 valence electrons. The van der Waals surface area contributed by atoms with E-state index >= 15 is 0 Å². The highest BCUT2D eigenvalue weighted by Gasteiger charge is 2.31. The summed E-state index contributed by atoms with van der Waals surface area (Å²) in [5.41, 5.74) is 6.57. The van der Waals surface area contributed by atoms with Gasteiger partial charge in [0.05, 0.1) is 0 Å². The fourth-order valence-electron chi connectivity index (χ4n) is 3.81. The normalized spacial score (nSPS) is 25.6. The second kappa shape index (κ2) is 7.61. The van der Waals surface area contributed by atoms with Crippen LogP contribution in [0.1, 0.15) is 51.9 Å². The quantitative estimate of drug-likeness (QED) is 0.801. The molecule has 1 saturated heterocycles. The van der Waals surface area contributed by atoms with Crippen molar-refractivity contribution in [2.45, 2.75) is 51.9 Å². The number of nitrogens with zero attached hydrogens (tertiary/aromatic N) is 2. The highest BCUT2D eigenvalue weighted by Crippen LogP contribution is 2.38. The van der Waals surface area contributed by atoms with Crippen LogP contribution in [0.25, 0.3) is 0 Å².